The maximum Gasteiger partial charge on any atom is 0.292 e. The Hall–Kier alpha value is -3.15. The second kappa shape index (κ2) is 7.39. The fourth-order valence-electron chi connectivity index (χ4n) is 2.57. The molecule has 26 heavy (non-hydrogen) atoms. The van der Waals surface area contributed by atoms with E-state index in [1.165, 1.54) is 0 Å². The minimum atomic E-state index is -0.363. The van der Waals surface area contributed by atoms with Crippen molar-refractivity contribution in [2.45, 2.75) is 20.8 Å². The number of hydrogen-bond donors (Lipinski definition) is 2. The van der Waals surface area contributed by atoms with Gasteiger partial charge in [-0.2, -0.15) is 0 Å². The van der Waals surface area contributed by atoms with Crippen molar-refractivity contribution in [3.8, 4) is 0 Å². The molecule has 2 amide bonds. The normalized spacial score (nSPS) is 10.9. The minimum absolute atomic E-state index is 0.177. The van der Waals surface area contributed by atoms with Gasteiger partial charge in [-0.3, -0.25) is 14.0 Å². The van der Waals surface area contributed by atoms with Crippen LogP contribution in [0.1, 0.15) is 40.5 Å². The maximum absolute atomic E-state index is 12.7. The first kappa shape index (κ1) is 17.7. The molecular formula is C20H22N4O2. The summed E-state index contributed by atoms with van der Waals surface area (Å²) in [7, 11) is 0. The largest absolute Gasteiger partial charge is 0.350 e. The molecule has 6 heteroatoms. The van der Waals surface area contributed by atoms with Gasteiger partial charge in [0.25, 0.3) is 11.8 Å². The van der Waals surface area contributed by atoms with Crippen molar-refractivity contribution in [1.29, 1.82) is 0 Å². The number of aromatic nitrogens is 2. The fourth-order valence-corrected chi connectivity index (χ4v) is 2.57. The average Bonchev–Trinajstić information content (AvgIpc) is 3.01. The molecule has 3 aromatic rings. The second-order valence-electron chi connectivity index (χ2n) is 6.66. The summed E-state index contributed by atoms with van der Waals surface area (Å²) in [5.41, 5.74) is 2.64. The molecular weight excluding hydrogens is 328 g/mol. The van der Waals surface area contributed by atoms with Gasteiger partial charge in [-0.1, -0.05) is 37.6 Å². The summed E-state index contributed by atoms with van der Waals surface area (Å²) in [6.45, 7) is 6.57. The first-order chi connectivity index (χ1) is 12.5. The molecule has 134 valence electrons. The van der Waals surface area contributed by atoms with Crippen molar-refractivity contribution in [2.75, 3.05) is 11.9 Å². The van der Waals surface area contributed by atoms with Gasteiger partial charge in [0.1, 0.15) is 0 Å². The highest BCUT2D eigenvalue weighted by atomic mass is 16.2. The molecule has 0 bridgehead atoms. The van der Waals surface area contributed by atoms with Crippen LogP contribution in [0.3, 0.4) is 0 Å². The van der Waals surface area contributed by atoms with Gasteiger partial charge in [-0.05, 0) is 37.1 Å². The van der Waals surface area contributed by atoms with Crippen molar-refractivity contribution in [3.05, 3.63) is 65.7 Å². The number of nitrogens with zero attached hydrogens (tertiary/aromatic N) is 2. The van der Waals surface area contributed by atoms with Crippen LogP contribution in [-0.2, 0) is 0 Å². The van der Waals surface area contributed by atoms with Gasteiger partial charge in [0, 0.05) is 18.4 Å². The van der Waals surface area contributed by atoms with Crippen molar-refractivity contribution < 1.29 is 9.59 Å². The number of hydrogen-bond acceptors (Lipinski definition) is 3. The molecule has 0 spiro atoms. The molecule has 0 radical (unpaired) electrons. The van der Waals surface area contributed by atoms with E-state index in [4.69, 9.17) is 0 Å². The lowest BCUT2D eigenvalue weighted by atomic mass is 10.2. The molecule has 0 atom stereocenters. The predicted octanol–water partition coefficient (Wildman–Crippen LogP) is 3.28. The highest BCUT2D eigenvalue weighted by molar-refractivity contribution is 6.06. The van der Waals surface area contributed by atoms with E-state index in [0.717, 1.165) is 5.56 Å². The Balaban J connectivity index is 1.92. The lowest BCUT2D eigenvalue weighted by Gasteiger charge is -2.05. The van der Waals surface area contributed by atoms with Crippen LogP contribution in [0.5, 0.6) is 0 Å². The van der Waals surface area contributed by atoms with Gasteiger partial charge in [0.2, 0.25) is 5.82 Å². The van der Waals surface area contributed by atoms with E-state index >= 15 is 0 Å². The maximum atomic E-state index is 12.7. The number of benzene rings is 1. The van der Waals surface area contributed by atoms with Crippen LogP contribution in [-0.4, -0.2) is 27.7 Å². The third kappa shape index (κ3) is 3.74. The lowest BCUT2D eigenvalue weighted by molar-refractivity contribution is 0.0946. The van der Waals surface area contributed by atoms with Gasteiger partial charge in [0.15, 0.2) is 5.69 Å². The standard InChI is InChI=1S/C20H22N4O2/c1-13(2)12-21-19(25)17-16-6-4-5-11-24(16)18(23-17)20(26)22-15-9-7-14(3)8-10-15/h4-11,13H,12H2,1-3H3,(H,21,25)(H,22,26). The van der Waals surface area contributed by atoms with Crippen molar-refractivity contribution in [1.82, 2.24) is 14.7 Å². The quantitative estimate of drug-likeness (QED) is 0.741. The van der Waals surface area contributed by atoms with Crippen LogP contribution in [0.25, 0.3) is 5.52 Å². The third-order valence-corrected chi connectivity index (χ3v) is 3.95. The van der Waals surface area contributed by atoms with Gasteiger partial charge in [-0.15, -0.1) is 0 Å². The average molecular weight is 350 g/mol. The van der Waals surface area contributed by atoms with Gasteiger partial charge in [-0.25, -0.2) is 4.98 Å². The number of aryl methyl sites for hydroxylation is 1. The second-order valence-corrected chi connectivity index (χ2v) is 6.66. The molecule has 0 aliphatic heterocycles. The summed E-state index contributed by atoms with van der Waals surface area (Å²) in [5, 5.41) is 5.68. The summed E-state index contributed by atoms with van der Waals surface area (Å²) in [4.78, 5) is 29.5. The first-order valence-corrected chi connectivity index (χ1v) is 8.59. The Labute approximate surface area is 152 Å². The molecule has 2 N–H and O–H groups in total. The van der Waals surface area contributed by atoms with Gasteiger partial charge >= 0.3 is 0 Å². The van der Waals surface area contributed by atoms with Crippen molar-refractivity contribution in [3.63, 3.8) is 0 Å². The Bertz CT molecular complexity index is 942. The Morgan fingerprint density at radius 3 is 2.50 bits per heavy atom. The Kier molecular flexibility index (Phi) is 5.02. The number of pyridine rings is 1. The molecule has 2 heterocycles. The molecule has 0 saturated carbocycles. The topological polar surface area (TPSA) is 75.5 Å². The molecule has 3 rings (SSSR count). The number of imidazole rings is 1. The zero-order valence-corrected chi connectivity index (χ0v) is 15.1. The van der Waals surface area contributed by atoms with E-state index in [-0.39, 0.29) is 23.3 Å². The smallest absolute Gasteiger partial charge is 0.292 e. The summed E-state index contributed by atoms with van der Waals surface area (Å²) < 4.78 is 1.63. The highest BCUT2D eigenvalue weighted by Crippen LogP contribution is 2.16. The van der Waals surface area contributed by atoms with Crippen LogP contribution >= 0.6 is 0 Å². The fraction of sp³-hybridized carbons (Fsp3) is 0.250. The van der Waals surface area contributed by atoms with E-state index in [1.807, 2.05) is 51.1 Å². The van der Waals surface area contributed by atoms with Gasteiger partial charge in [0.05, 0.1) is 5.52 Å². The number of anilines is 1. The van der Waals surface area contributed by atoms with E-state index < -0.39 is 0 Å². The molecule has 0 fully saturated rings. The first-order valence-electron chi connectivity index (χ1n) is 8.59. The van der Waals surface area contributed by atoms with Crippen LogP contribution in [0, 0.1) is 12.8 Å². The third-order valence-electron chi connectivity index (χ3n) is 3.95. The van der Waals surface area contributed by atoms with E-state index in [2.05, 4.69) is 15.6 Å². The Morgan fingerprint density at radius 2 is 1.81 bits per heavy atom. The molecule has 1 aromatic carbocycles. The Morgan fingerprint density at radius 1 is 1.08 bits per heavy atom. The minimum Gasteiger partial charge on any atom is -0.350 e. The lowest BCUT2D eigenvalue weighted by Crippen LogP contribution is -2.27. The van der Waals surface area contributed by atoms with Crippen molar-refractivity contribution >= 4 is 23.0 Å². The number of carbonyl (C=O) groups is 2. The number of nitrogens with one attached hydrogen (secondary N) is 2. The number of fused-ring (bicyclic) bond motifs is 1. The monoisotopic (exact) mass is 350 g/mol. The van der Waals surface area contributed by atoms with Crippen LogP contribution < -0.4 is 10.6 Å². The van der Waals surface area contributed by atoms with Crippen LogP contribution in [0.15, 0.2) is 48.7 Å². The highest BCUT2D eigenvalue weighted by Gasteiger charge is 2.21. The molecule has 2 aromatic heterocycles. The number of amides is 2. The summed E-state index contributed by atoms with van der Waals surface area (Å²) in [6.07, 6.45) is 1.73. The van der Waals surface area contributed by atoms with E-state index in [1.54, 1.807) is 22.7 Å². The molecule has 0 aliphatic rings. The van der Waals surface area contributed by atoms with E-state index in [9.17, 15) is 9.59 Å². The number of rotatable bonds is 5. The van der Waals surface area contributed by atoms with E-state index in [0.29, 0.717) is 23.7 Å². The molecule has 0 unspecified atom stereocenters. The molecule has 0 aliphatic carbocycles. The SMILES string of the molecule is Cc1ccc(NC(=O)c2nc(C(=O)NCC(C)C)c3ccccn23)cc1. The molecule has 6 nitrogen and oxygen atoms in total. The molecule has 0 saturated heterocycles. The van der Waals surface area contributed by atoms with Crippen LogP contribution in [0.4, 0.5) is 5.69 Å². The van der Waals surface area contributed by atoms with Gasteiger partial charge < -0.3 is 10.6 Å². The zero-order valence-electron chi connectivity index (χ0n) is 15.1. The summed E-state index contributed by atoms with van der Waals surface area (Å²) >= 11 is 0. The number of carbonyl (C=O) groups excluding carboxylic acids is 2. The summed E-state index contributed by atoms with van der Waals surface area (Å²) in [5.74, 6) is -0.136. The van der Waals surface area contributed by atoms with Crippen LogP contribution in [0.2, 0.25) is 0 Å². The van der Waals surface area contributed by atoms with Crippen molar-refractivity contribution in [2.24, 2.45) is 5.92 Å². The summed E-state index contributed by atoms with van der Waals surface area (Å²) in [6, 6.07) is 12.9. The predicted molar refractivity (Wildman–Crippen MR) is 101 cm³/mol. The zero-order chi connectivity index (χ0) is 18.7.